The van der Waals surface area contributed by atoms with Crippen LogP contribution in [0.25, 0.3) is 0 Å². The second-order valence-electron chi connectivity index (χ2n) is 4.99. The van der Waals surface area contributed by atoms with Crippen molar-refractivity contribution >= 4 is 29.1 Å². The third-order valence-corrected chi connectivity index (χ3v) is 3.97. The molecular formula is C15H15ClN4O2. The van der Waals surface area contributed by atoms with Crippen LogP contribution in [0.1, 0.15) is 10.5 Å². The zero-order valence-corrected chi connectivity index (χ0v) is 12.6. The molecule has 3 rings (SSSR count). The molecule has 1 aromatic heterocycles. The summed E-state index contributed by atoms with van der Waals surface area (Å²) in [5, 5.41) is 9.59. The lowest BCUT2D eigenvalue weighted by Crippen LogP contribution is -2.47. The number of aromatic nitrogens is 2. The molecule has 1 aliphatic rings. The van der Waals surface area contributed by atoms with Crippen molar-refractivity contribution in [2.75, 3.05) is 36.0 Å². The van der Waals surface area contributed by atoms with Crippen LogP contribution in [0.5, 0.6) is 0 Å². The number of carbonyl (C=O) groups is 1. The Morgan fingerprint density at radius 3 is 2.32 bits per heavy atom. The average Bonchev–Trinajstić information content (AvgIpc) is 2.56. The first kappa shape index (κ1) is 14.6. The van der Waals surface area contributed by atoms with E-state index in [1.54, 1.807) is 0 Å². The van der Waals surface area contributed by atoms with E-state index in [1.807, 2.05) is 24.3 Å². The van der Waals surface area contributed by atoms with Crippen molar-refractivity contribution in [1.82, 2.24) is 9.97 Å². The molecule has 0 radical (unpaired) electrons. The largest absolute Gasteiger partial charge is 0.476 e. The lowest BCUT2D eigenvalue weighted by Gasteiger charge is -2.36. The first-order chi connectivity index (χ1) is 10.6. The zero-order valence-electron chi connectivity index (χ0n) is 11.8. The van der Waals surface area contributed by atoms with Crippen molar-refractivity contribution in [3.63, 3.8) is 0 Å². The van der Waals surface area contributed by atoms with Gasteiger partial charge >= 0.3 is 5.97 Å². The maximum Gasteiger partial charge on any atom is 0.356 e. The number of benzene rings is 1. The molecule has 1 aromatic carbocycles. The van der Waals surface area contributed by atoms with Crippen molar-refractivity contribution in [3.05, 3.63) is 47.4 Å². The number of nitrogens with zero attached hydrogens (tertiary/aromatic N) is 4. The quantitative estimate of drug-likeness (QED) is 0.935. The molecule has 0 atom stereocenters. The van der Waals surface area contributed by atoms with E-state index in [9.17, 15) is 4.79 Å². The summed E-state index contributed by atoms with van der Waals surface area (Å²) in [5.74, 6) is -0.369. The Labute approximate surface area is 133 Å². The molecule has 0 spiro atoms. The first-order valence-electron chi connectivity index (χ1n) is 6.95. The van der Waals surface area contributed by atoms with Gasteiger partial charge in [-0.2, -0.15) is 0 Å². The molecule has 1 fully saturated rings. The SMILES string of the molecule is O=C(O)c1cnc(N2CCN(c3ccccc3Cl)CC2)cn1. The Morgan fingerprint density at radius 1 is 1.05 bits per heavy atom. The molecule has 0 unspecified atom stereocenters. The standard InChI is InChI=1S/C15H15ClN4O2/c16-11-3-1-2-4-13(11)19-5-7-20(8-6-19)14-10-17-12(9-18-14)15(21)22/h1-4,9-10H,5-8H2,(H,21,22). The lowest BCUT2D eigenvalue weighted by atomic mass is 10.2. The summed E-state index contributed by atoms with van der Waals surface area (Å²) in [7, 11) is 0. The summed E-state index contributed by atoms with van der Waals surface area (Å²) in [4.78, 5) is 23.2. The van der Waals surface area contributed by atoms with Gasteiger partial charge in [0.25, 0.3) is 0 Å². The Balaban J connectivity index is 1.66. The second-order valence-corrected chi connectivity index (χ2v) is 5.40. The summed E-state index contributed by atoms with van der Waals surface area (Å²) in [6, 6.07) is 7.80. The number of rotatable bonds is 3. The highest BCUT2D eigenvalue weighted by Gasteiger charge is 2.20. The van der Waals surface area contributed by atoms with Crippen LogP contribution < -0.4 is 9.80 Å². The van der Waals surface area contributed by atoms with Gasteiger partial charge in [-0.3, -0.25) is 0 Å². The van der Waals surface area contributed by atoms with Gasteiger partial charge in [-0.15, -0.1) is 0 Å². The van der Waals surface area contributed by atoms with Crippen molar-refractivity contribution in [2.24, 2.45) is 0 Å². The van der Waals surface area contributed by atoms with Gasteiger partial charge in [0.1, 0.15) is 5.82 Å². The predicted molar refractivity (Wildman–Crippen MR) is 84.9 cm³/mol. The van der Waals surface area contributed by atoms with Gasteiger partial charge < -0.3 is 14.9 Å². The number of para-hydroxylation sites is 1. The Hall–Kier alpha value is -2.34. The number of halogens is 1. The molecule has 7 heteroatoms. The summed E-state index contributed by atoms with van der Waals surface area (Å²) < 4.78 is 0. The zero-order chi connectivity index (χ0) is 15.5. The number of carboxylic acids is 1. The normalized spacial score (nSPS) is 15.0. The van der Waals surface area contributed by atoms with E-state index in [-0.39, 0.29) is 5.69 Å². The number of carboxylic acid groups (broad SMARTS) is 1. The highest BCUT2D eigenvalue weighted by Crippen LogP contribution is 2.26. The van der Waals surface area contributed by atoms with Gasteiger partial charge in [0.2, 0.25) is 0 Å². The molecule has 0 bridgehead atoms. The molecule has 1 N–H and O–H groups in total. The Kier molecular flexibility index (Phi) is 4.11. The summed E-state index contributed by atoms with van der Waals surface area (Å²) in [6.07, 6.45) is 2.80. The topological polar surface area (TPSA) is 69.6 Å². The fourth-order valence-corrected chi connectivity index (χ4v) is 2.73. The van der Waals surface area contributed by atoms with Crippen molar-refractivity contribution in [1.29, 1.82) is 0 Å². The van der Waals surface area contributed by atoms with E-state index in [4.69, 9.17) is 16.7 Å². The molecule has 1 aliphatic heterocycles. The third kappa shape index (κ3) is 2.96. The average molecular weight is 319 g/mol. The van der Waals surface area contributed by atoms with Crippen LogP contribution in [-0.4, -0.2) is 47.2 Å². The van der Waals surface area contributed by atoms with E-state index >= 15 is 0 Å². The van der Waals surface area contributed by atoms with Crippen LogP contribution in [0.4, 0.5) is 11.5 Å². The van der Waals surface area contributed by atoms with Gasteiger partial charge in [0.15, 0.2) is 5.69 Å². The second kappa shape index (κ2) is 6.19. The maximum atomic E-state index is 10.8. The number of anilines is 2. The van der Waals surface area contributed by atoms with Gasteiger partial charge in [-0.05, 0) is 12.1 Å². The molecule has 2 heterocycles. The van der Waals surface area contributed by atoms with Crippen LogP contribution >= 0.6 is 11.6 Å². The Morgan fingerprint density at radius 2 is 1.73 bits per heavy atom. The minimum absolute atomic E-state index is 0.0431. The molecule has 0 amide bonds. The van der Waals surface area contributed by atoms with E-state index in [0.717, 1.165) is 36.9 Å². The van der Waals surface area contributed by atoms with Crippen molar-refractivity contribution in [3.8, 4) is 0 Å². The smallest absolute Gasteiger partial charge is 0.356 e. The molecular weight excluding hydrogens is 304 g/mol. The minimum atomic E-state index is -1.07. The molecule has 2 aromatic rings. The van der Waals surface area contributed by atoms with E-state index < -0.39 is 5.97 Å². The van der Waals surface area contributed by atoms with E-state index in [2.05, 4.69) is 19.8 Å². The maximum absolute atomic E-state index is 10.8. The van der Waals surface area contributed by atoms with Crippen molar-refractivity contribution < 1.29 is 9.90 Å². The van der Waals surface area contributed by atoms with Crippen LogP contribution in [0.15, 0.2) is 36.7 Å². The van der Waals surface area contributed by atoms with E-state index in [1.165, 1.54) is 12.4 Å². The monoisotopic (exact) mass is 318 g/mol. The summed E-state index contributed by atoms with van der Waals surface area (Å²) >= 11 is 6.22. The number of hydrogen-bond donors (Lipinski definition) is 1. The van der Waals surface area contributed by atoms with Crippen LogP contribution in [-0.2, 0) is 0 Å². The van der Waals surface area contributed by atoms with Gasteiger partial charge in [-0.25, -0.2) is 14.8 Å². The minimum Gasteiger partial charge on any atom is -0.476 e. The van der Waals surface area contributed by atoms with E-state index in [0.29, 0.717) is 5.82 Å². The first-order valence-corrected chi connectivity index (χ1v) is 7.33. The van der Waals surface area contributed by atoms with Crippen LogP contribution in [0, 0.1) is 0 Å². The Bertz CT molecular complexity index is 669. The molecule has 114 valence electrons. The van der Waals surface area contributed by atoms with Crippen molar-refractivity contribution in [2.45, 2.75) is 0 Å². The van der Waals surface area contributed by atoms with Gasteiger partial charge in [0.05, 0.1) is 23.1 Å². The third-order valence-electron chi connectivity index (χ3n) is 3.65. The molecule has 1 saturated heterocycles. The van der Waals surface area contributed by atoms with Crippen LogP contribution in [0.3, 0.4) is 0 Å². The fourth-order valence-electron chi connectivity index (χ4n) is 2.48. The molecule has 0 aliphatic carbocycles. The van der Waals surface area contributed by atoms with Crippen LogP contribution in [0.2, 0.25) is 5.02 Å². The summed E-state index contributed by atoms with van der Waals surface area (Å²) in [5.41, 5.74) is 0.995. The van der Waals surface area contributed by atoms with Gasteiger partial charge in [-0.1, -0.05) is 23.7 Å². The highest BCUT2D eigenvalue weighted by atomic mass is 35.5. The molecule has 22 heavy (non-hydrogen) atoms. The number of aromatic carboxylic acids is 1. The van der Waals surface area contributed by atoms with Gasteiger partial charge in [0, 0.05) is 26.2 Å². The predicted octanol–water partition coefficient (Wildman–Crippen LogP) is 2.15. The fraction of sp³-hybridized carbons (Fsp3) is 0.267. The summed E-state index contributed by atoms with van der Waals surface area (Å²) in [6.45, 7) is 3.22. The highest BCUT2D eigenvalue weighted by molar-refractivity contribution is 6.33. The molecule has 0 saturated carbocycles. The number of hydrogen-bond acceptors (Lipinski definition) is 5. The molecule has 6 nitrogen and oxygen atoms in total. The lowest BCUT2D eigenvalue weighted by molar-refractivity contribution is 0.0690. The number of piperazine rings is 1.